The van der Waals surface area contributed by atoms with Gasteiger partial charge in [0.15, 0.2) is 6.10 Å². The van der Waals surface area contributed by atoms with Crippen LogP contribution < -0.4 is 15.0 Å². The summed E-state index contributed by atoms with van der Waals surface area (Å²) in [5.41, 5.74) is 2.24. The van der Waals surface area contributed by atoms with Crippen LogP contribution in [0.15, 0.2) is 46.9 Å². The second-order valence-electron chi connectivity index (χ2n) is 10.1. The number of anilines is 1. The van der Waals surface area contributed by atoms with E-state index in [-0.39, 0.29) is 17.7 Å². The molecule has 7 heteroatoms. The summed E-state index contributed by atoms with van der Waals surface area (Å²) in [5, 5.41) is 3.07. The van der Waals surface area contributed by atoms with E-state index in [1.165, 1.54) is 0 Å². The molecule has 3 rings (SSSR count). The van der Waals surface area contributed by atoms with Gasteiger partial charge in [-0.2, -0.15) is 0 Å². The minimum Gasteiger partial charge on any atom is -0.480 e. The average molecular weight is 516 g/mol. The number of hydrogen-bond acceptors (Lipinski definition) is 4. The first-order chi connectivity index (χ1) is 15.4. The maximum Gasteiger partial charge on any atom is 0.265 e. The molecule has 33 heavy (non-hydrogen) atoms. The molecule has 2 atom stereocenters. The van der Waals surface area contributed by atoms with Gasteiger partial charge in [-0.15, -0.1) is 0 Å². The van der Waals surface area contributed by atoms with Crippen LogP contribution >= 0.6 is 15.9 Å². The summed E-state index contributed by atoms with van der Waals surface area (Å²) >= 11 is 3.53. The highest BCUT2D eigenvalue weighted by Gasteiger charge is 2.42. The highest BCUT2D eigenvalue weighted by atomic mass is 79.9. The standard InChI is InChI=1S/C26H34BrN3O3/c1-16(2)23-25(32)30(15-17-8-11-19(12-9-17)29(6)7)22(24(31)28-26(3,4)5)20-14-18(27)10-13-21(20)33-23/h8-14,16,22-23H,15H2,1-7H3,(H,28,31). The second-order valence-corrected chi connectivity index (χ2v) is 11.0. The molecule has 0 saturated heterocycles. The second kappa shape index (κ2) is 9.75. The Bertz CT molecular complexity index is 1010. The molecule has 2 aromatic rings. The third-order valence-corrected chi connectivity index (χ3v) is 6.01. The molecule has 0 spiro atoms. The largest absolute Gasteiger partial charge is 0.480 e. The van der Waals surface area contributed by atoms with Gasteiger partial charge in [-0.25, -0.2) is 0 Å². The molecular weight excluding hydrogens is 482 g/mol. The highest BCUT2D eigenvalue weighted by molar-refractivity contribution is 9.10. The van der Waals surface area contributed by atoms with E-state index in [4.69, 9.17) is 4.74 Å². The number of amides is 2. The van der Waals surface area contributed by atoms with Crippen molar-refractivity contribution < 1.29 is 14.3 Å². The first-order valence-electron chi connectivity index (χ1n) is 11.2. The van der Waals surface area contributed by atoms with E-state index in [0.717, 1.165) is 15.7 Å². The number of nitrogens with zero attached hydrogens (tertiary/aromatic N) is 2. The van der Waals surface area contributed by atoms with Crippen LogP contribution in [0.4, 0.5) is 5.69 Å². The van der Waals surface area contributed by atoms with Crippen LogP contribution in [0.3, 0.4) is 0 Å². The lowest BCUT2D eigenvalue weighted by Gasteiger charge is -2.33. The van der Waals surface area contributed by atoms with Gasteiger partial charge >= 0.3 is 0 Å². The molecule has 2 amide bonds. The van der Waals surface area contributed by atoms with Gasteiger partial charge < -0.3 is 19.9 Å². The first-order valence-corrected chi connectivity index (χ1v) is 12.0. The quantitative estimate of drug-likeness (QED) is 0.613. The van der Waals surface area contributed by atoms with Gasteiger partial charge in [0, 0.05) is 41.9 Å². The van der Waals surface area contributed by atoms with E-state index in [2.05, 4.69) is 21.2 Å². The van der Waals surface area contributed by atoms with Crippen LogP contribution in [0.2, 0.25) is 0 Å². The van der Waals surface area contributed by atoms with E-state index in [1.54, 1.807) is 4.90 Å². The fraction of sp³-hybridized carbons (Fsp3) is 0.462. The SMILES string of the molecule is CC(C)C1Oc2ccc(Br)cc2C(C(=O)NC(C)(C)C)N(Cc2ccc(N(C)C)cc2)C1=O. The molecule has 0 radical (unpaired) electrons. The van der Waals surface area contributed by atoms with Crippen molar-refractivity contribution in [2.75, 3.05) is 19.0 Å². The Kier molecular flexibility index (Phi) is 7.42. The van der Waals surface area contributed by atoms with Crippen molar-refractivity contribution in [3.63, 3.8) is 0 Å². The fourth-order valence-electron chi connectivity index (χ4n) is 3.89. The van der Waals surface area contributed by atoms with Gasteiger partial charge in [-0.1, -0.05) is 41.9 Å². The monoisotopic (exact) mass is 515 g/mol. The Hall–Kier alpha value is -2.54. The summed E-state index contributed by atoms with van der Waals surface area (Å²) in [7, 11) is 3.97. The number of benzene rings is 2. The molecule has 2 aromatic carbocycles. The third kappa shape index (κ3) is 5.88. The Morgan fingerprint density at radius 1 is 1.15 bits per heavy atom. The fourth-order valence-corrected chi connectivity index (χ4v) is 4.27. The number of halogens is 1. The van der Waals surface area contributed by atoms with Crippen molar-refractivity contribution in [2.45, 2.75) is 58.8 Å². The molecule has 1 heterocycles. The zero-order valence-corrected chi connectivity index (χ0v) is 22.1. The van der Waals surface area contributed by atoms with Gasteiger partial charge in [0.2, 0.25) is 5.91 Å². The van der Waals surface area contributed by atoms with Gasteiger partial charge in [0.1, 0.15) is 11.8 Å². The summed E-state index contributed by atoms with van der Waals surface area (Å²) in [6, 6.07) is 12.8. The molecule has 6 nitrogen and oxygen atoms in total. The Balaban J connectivity index is 2.12. The van der Waals surface area contributed by atoms with Crippen molar-refractivity contribution in [1.29, 1.82) is 0 Å². The van der Waals surface area contributed by atoms with Crippen molar-refractivity contribution in [2.24, 2.45) is 5.92 Å². The summed E-state index contributed by atoms with van der Waals surface area (Å²) in [4.78, 5) is 31.1. The lowest BCUT2D eigenvalue weighted by molar-refractivity contribution is -0.147. The van der Waals surface area contributed by atoms with Crippen molar-refractivity contribution in [1.82, 2.24) is 10.2 Å². The Labute approximate surface area is 205 Å². The van der Waals surface area contributed by atoms with Crippen molar-refractivity contribution in [3.8, 4) is 5.75 Å². The smallest absolute Gasteiger partial charge is 0.265 e. The molecule has 178 valence electrons. The highest BCUT2D eigenvalue weighted by Crippen LogP contribution is 2.38. The number of hydrogen-bond donors (Lipinski definition) is 1. The molecule has 1 aliphatic heterocycles. The van der Waals surface area contributed by atoms with E-state index in [0.29, 0.717) is 17.9 Å². The third-order valence-electron chi connectivity index (χ3n) is 5.52. The van der Waals surface area contributed by atoms with Crippen LogP contribution in [0.1, 0.15) is 51.8 Å². The Morgan fingerprint density at radius 2 is 1.79 bits per heavy atom. The zero-order valence-electron chi connectivity index (χ0n) is 20.5. The van der Waals surface area contributed by atoms with E-state index in [1.807, 2.05) is 96.1 Å². The topological polar surface area (TPSA) is 61.9 Å². The molecule has 2 unspecified atom stereocenters. The first kappa shape index (κ1) is 25.1. The van der Waals surface area contributed by atoms with Gasteiger partial charge in [0.05, 0.1) is 0 Å². The van der Waals surface area contributed by atoms with E-state index in [9.17, 15) is 9.59 Å². The van der Waals surface area contributed by atoms with E-state index >= 15 is 0 Å². The van der Waals surface area contributed by atoms with E-state index < -0.39 is 17.7 Å². The van der Waals surface area contributed by atoms with Crippen LogP contribution in [-0.2, 0) is 16.1 Å². The van der Waals surface area contributed by atoms with Crippen LogP contribution in [-0.4, -0.2) is 42.5 Å². The predicted octanol–water partition coefficient (Wildman–Crippen LogP) is 4.92. The zero-order chi connectivity index (χ0) is 24.5. The number of ether oxygens (including phenoxy) is 1. The summed E-state index contributed by atoms with van der Waals surface area (Å²) in [5.74, 6) is 0.0815. The van der Waals surface area contributed by atoms with Crippen LogP contribution in [0.5, 0.6) is 5.75 Å². The summed E-state index contributed by atoms with van der Waals surface area (Å²) < 4.78 is 7.04. The molecule has 0 bridgehead atoms. The van der Waals surface area contributed by atoms with Crippen molar-refractivity contribution in [3.05, 3.63) is 58.1 Å². The maximum atomic E-state index is 13.8. The average Bonchev–Trinajstić information content (AvgIpc) is 2.82. The summed E-state index contributed by atoms with van der Waals surface area (Å²) in [6.07, 6.45) is -0.682. The molecule has 0 saturated carbocycles. The Morgan fingerprint density at radius 3 is 2.33 bits per heavy atom. The molecule has 0 aliphatic carbocycles. The summed E-state index contributed by atoms with van der Waals surface area (Å²) in [6.45, 7) is 10.0. The molecular formula is C26H34BrN3O3. The number of carbonyl (C=O) groups excluding carboxylic acids is 2. The molecule has 0 aromatic heterocycles. The van der Waals surface area contributed by atoms with Crippen molar-refractivity contribution >= 4 is 33.4 Å². The molecule has 0 fully saturated rings. The van der Waals surface area contributed by atoms with Crippen LogP contribution in [0.25, 0.3) is 0 Å². The molecule has 1 N–H and O–H groups in total. The van der Waals surface area contributed by atoms with Gasteiger partial charge in [0.25, 0.3) is 5.91 Å². The molecule has 1 aliphatic rings. The number of rotatable bonds is 5. The normalized spacial score (nSPS) is 18.5. The lowest BCUT2D eigenvalue weighted by atomic mass is 9.99. The lowest BCUT2D eigenvalue weighted by Crippen LogP contribution is -2.51. The predicted molar refractivity (Wildman–Crippen MR) is 135 cm³/mol. The number of fused-ring (bicyclic) bond motifs is 1. The minimum atomic E-state index is -0.818. The minimum absolute atomic E-state index is 0.0583. The van der Waals surface area contributed by atoms with Gasteiger partial charge in [-0.3, -0.25) is 9.59 Å². The van der Waals surface area contributed by atoms with Gasteiger partial charge in [-0.05, 0) is 62.6 Å². The number of nitrogens with one attached hydrogen (secondary N) is 1. The number of carbonyl (C=O) groups is 2. The maximum absolute atomic E-state index is 13.8. The van der Waals surface area contributed by atoms with Crippen LogP contribution in [0, 0.1) is 5.92 Å².